The van der Waals surface area contributed by atoms with Gasteiger partial charge in [0.2, 0.25) is 0 Å². The van der Waals surface area contributed by atoms with E-state index in [4.69, 9.17) is 4.74 Å². The van der Waals surface area contributed by atoms with Crippen molar-refractivity contribution in [3.8, 4) is 11.3 Å². The SMILES string of the molecule is CCNC(=NCc1ncc(-c2ccccc2)[nH]1)NCC1CN(CC(C)C)CCO1.I. The number of benzene rings is 1. The molecule has 3 rings (SSSR count). The first kappa shape index (κ1) is 24.6. The first-order chi connectivity index (χ1) is 14.1. The lowest BCUT2D eigenvalue weighted by atomic mass is 10.2. The Balaban J connectivity index is 0.00000320. The topological polar surface area (TPSA) is 77.6 Å². The second kappa shape index (κ2) is 12.9. The zero-order valence-corrected chi connectivity index (χ0v) is 20.6. The quantitative estimate of drug-likeness (QED) is 0.280. The zero-order chi connectivity index (χ0) is 20.5. The summed E-state index contributed by atoms with van der Waals surface area (Å²) in [5, 5.41) is 6.72. The number of H-pyrrole nitrogens is 1. The number of nitrogens with zero attached hydrogens (tertiary/aromatic N) is 3. The smallest absolute Gasteiger partial charge is 0.191 e. The Morgan fingerprint density at radius 2 is 2.10 bits per heavy atom. The Labute approximate surface area is 197 Å². The fourth-order valence-electron chi connectivity index (χ4n) is 3.50. The van der Waals surface area contributed by atoms with Crippen molar-refractivity contribution in [3.05, 3.63) is 42.4 Å². The Hall–Kier alpha value is -1.65. The van der Waals surface area contributed by atoms with Crippen LogP contribution in [0, 0.1) is 5.92 Å². The van der Waals surface area contributed by atoms with Gasteiger partial charge in [-0.25, -0.2) is 9.98 Å². The van der Waals surface area contributed by atoms with Crippen LogP contribution in [-0.2, 0) is 11.3 Å². The molecule has 1 unspecified atom stereocenters. The molecule has 1 aliphatic heterocycles. The molecule has 2 heterocycles. The Morgan fingerprint density at radius 3 is 2.83 bits per heavy atom. The Kier molecular flexibility index (Phi) is 10.6. The summed E-state index contributed by atoms with van der Waals surface area (Å²) in [6.45, 7) is 12.5. The number of aromatic nitrogens is 2. The molecule has 1 aromatic heterocycles. The molecule has 1 saturated heterocycles. The number of guanidine groups is 1. The lowest BCUT2D eigenvalue weighted by Gasteiger charge is -2.34. The van der Waals surface area contributed by atoms with E-state index in [0.717, 1.165) is 62.4 Å². The summed E-state index contributed by atoms with van der Waals surface area (Å²) in [5.41, 5.74) is 2.13. The number of morpholine rings is 1. The summed E-state index contributed by atoms with van der Waals surface area (Å²) in [7, 11) is 0. The van der Waals surface area contributed by atoms with Crippen molar-refractivity contribution in [2.45, 2.75) is 33.4 Å². The molecule has 1 aromatic carbocycles. The number of ether oxygens (including phenoxy) is 1. The van der Waals surface area contributed by atoms with Gasteiger partial charge in [0.25, 0.3) is 0 Å². The second-order valence-electron chi connectivity index (χ2n) is 7.83. The first-order valence-electron chi connectivity index (χ1n) is 10.6. The lowest BCUT2D eigenvalue weighted by Crippen LogP contribution is -2.50. The molecule has 0 spiro atoms. The van der Waals surface area contributed by atoms with Crippen molar-refractivity contribution in [2.24, 2.45) is 10.9 Å². The van der Waals surface area contributed by atoms with Gasteiger partial charge in [0.15, 0.2) is 5.96 Å². The van der Waals surface area contributed by atoms with E-state index in [1.807, 2.05) is 24.4 Å². The highest BCUT2D eigenvalue weighted by atomic mass is 127. The minimum absolute atomic E-state index is 0. The predicted molar refractivity (Wildman–Crippen MR) is 133 cm³/mol. The molecule has 0 saturated carbocycles. The van der Waals surface area contributed by atoms with Crippen LogP contribution in [0.3, 0.4) is 0 Å². The maximum atomic E-state index is 5.93. The third-order valence-corrected chi connectivity index (χ3v) is 4.79. The summed E-state index contributed by atoms with van der Waals surface area (Å²) in [5.74, 6) is 2.31. The number of imidazole rings is 1. The molecule has 0 radical (unpaired) electrons. The van der Waals surface area contributed by atoms with Gasteiger partial charge in [0, 0.05) is 32.7 Å². The zero-order valence-electron chi connectivity index (χ0n) is 18.2. The number of hydrogen-bond acceptors (Lipinski definition) is 4. The fourth-order valence-corrected chi connectivity index (χ4v) is 3.50. The minimum atomic E-state index is 0. The van der Waals surface area contributed by atoms with Crippen LogP contribution >= 0.6 is 24.0 Å². The summed E-state index contributed by atoms with van der Waals surface area (Å²) < 4.78 is 5.93. The van der Waals surface area contributed by atoms with Gasteiger partial charge in [0.05, 0.1) is 24.6 Å². The fraction of sp³-hybridized carbons (Fsp3) is 0.545. The van der Waals surface area contributed by atoms with E-state index >= 15 is 0 Å². The number of hydrogen-bond donors (Lipinski definition) is 3. The van der Waals surface area contributed by atoms with Crippen LogP contribution in [0.4, 0.5) is 0 Å². The Morgan fingerprint density at radius 1 is 1.30 bits per heavy atom. The summed E-state index contributed by atoms with van der Waals surface area (Å²) >= 11 is 0. The number of halogens is 1. The largest absolute Gasteiger partial charge is 0.374 e. The highest BCUT2D eigenvalue weighted by molar-refractivity contribution is 14.0. The second-order valence-corrected chi connectivity index (χ2v) is 7.83. The molecule has 166 valence electrons. The third kappa shape index (κ3) is 7.88. The van der Waals surface area contributed by atoms with Gasteiger partial charge >= 0.3 is 0 Å². The van der Waals surface area contributed by atoms with Gasteiger partial charge in [-0.05, 0) is 18.4 Å². The summed E-state index contributed by atoms with van der Waals surface area (Å²) in [6.07, 6.45) is 2.04. The van der Waals surface area contributed by atoms with E-state index in [1.54, 1.807) is 0 Å². The van der Waals surface area contributed by atoms with Crippen molar-refractivity contribution in [2.75, 3.05) is 39.3 Å². The highest BCUT2D eigenvalue weighted by Gasteiger charge is 2.21. The van der Waals surface area contributed by atoms with Crippen LogP contribution < -0.4 is 10.6 Å². The average Bonchev–Trinajstić information content (AvgIpc) is 3.20. The molecule has 8 heteroatoms. The molecule has 30 heavy (non-hydrogen) atoms. The standard InChI is InChI=1S/C22H34N6O.HI/c1-4-23-22(25-12-19-16-28(10-11-29-19)15-17(2)3)26-14-21-24-13-20(27-21)18-8-6-5-7-9-18;/h5-9,13,17,19H,4,10-12,14-16H2,1-3H3,(H,24,27)(H2,23,25,26);1H. The van der Waals surface area contributed by atoms with Gasteiger partial charge in [-0.2, -0.15) is 0 Å². The van der Waals surface area contributed by atoms with E-state index < -0.39 is 0 Å². The van der Waals surface area contributed by atoms with Crippen molar-refractivity contribution < 1.29 is 4.74 Å². The van der Waals surface area contributed by atoms with Gasteiger partial charge in [-0.1, -0.05) is 44.2 Å². The molecule has 0 bridgehead atoms. The van der Waals surface area contributed by atoms with Crippen LogP contribution in [0.25, 0.3) is 11.3 Å². The number of rotatable bonds is 8. The lowest BCUT2D eigenvalue weighted by molar-refractivity contribution is -0.0284. The van der Waals surface area contributed by atoms with Gasteiger partial charge in [-0.15, -0.1) is 24.0 Å². The van der Waals surface area contributed by atoms with Crippen LogP contribution in [0.1, 0.15) is 26.6 Å². The maximum Gasteiger partial charge on any atom is 0.191 e. The molecule has 1 atom stereocenters. The van der Waals surface area contributed by atoms with Gasteiger partial charge < -0.3 is 20.4 Å². The van der Waals surface area contributed by atoms with Crippen LogP contribution in [0.5, 0.6) is 0 Å². The maximum absolute atomic E-state index is 5.93. The van der Waals surface area contributed by atoms with Crippen molar-refractivity contribution in [1.82, 2.24) is 25.5 Å². The minimum Gasteiger partial charge on any atom is -0.374 e. The molecular weight excluding hydrogens is 491 g/mol. The van der Waals surface area contributed by atoms with Gasteiger partial charge in [-0.3, -0.25) is 4.90 Å². The normalized spacial score (nSPS) is 17.6. The van der Waals surface area contributed by atoms with Crippen molar-refractivity contribution >= 4 is 29.9 Å². The van der Waals surface area contributed by atoms with Gasteiger partial charge in [0.1, 0.15) is 12.4 Å². The van der Waals surface area contributed by atoms with E-state index in [-0.39, 0.29) is 30.1 Å². The number of aliphatic imine (C=N–C) groups is 1. The van der Waals surface area contributed by atoms with E-state index in [2.05, 4.69) is 63.4 Å². The van der Waals surface area contributed by atoms with E-state index in [1.165, 1.54) is 0 Å². The average molecular weight is 526 g/mol. The predicted octanol–water partition coefficient (Wildman–Crippen LogP) is 3.11. The highest BCUT2D eigenvalue weighted by Crippen LogP contribution is 2.16. The van der Waals surface area contributed by atoms with Crippen LogP contribution in [0.15, 0.2) is 41.5 Å². The van der Waals surface area contributed by atoms with Crippen molar-refractivity contribution in [1.29, 1.82) is 0 Å². The van der Waals surface area contributed by atoms with Crippen LogP contribution in [-0.4, -0.2) is 66.3 Å². The molecule has 0 aliphatic carbocycles. The first-order valence-corrected chi connectivity index (χ1v) is 10.6. The summed E-state index contributed by atoms with van der Waals surface area (Å²) in [4.78, 5) is 15.0. The molecular formula is C22H35IN6O. The molecule has 1 fully saturated rings. The molecule has 2 aromatic rings. The van der Waals surface area contributed by atoms with Crippen molar-refractivity contribution in [3.63, 3.8) is 0 Å². The van der Waals surface area contributed by atoms with E-state index in [0.29, 0.717) is 12.5 Å². The van der Waals surface area contributed by atoms with Crippen LogP contribution in [0.2, 0.25) is 0 Å². The summed E-state index contributed by atoms with van der Waals surface area (Å²) in [6, 6.07) is 10.2. The molecule has 0 amide bonds. The monoisotopic (exact) mass is 526 g/mol. The molecule has 7 nitrogen and oxygen atoms in total. The van der Waals surface area contributed by atoms with E-state index in [9.17, 15) is 0 Å². The number of nitrogens with one attached hydrogen (secondary N) is 3. The third-order valence-electron chi connectivity index (χ3n) is 4.79. The Bertz CT molecular complexity index is 764. The number of aromatic amines is 1. The molecule has 1 aliphatic rings. The molecule has 3 N–H and O–H groups in total.